The molecule has 7 unspecified atom stereocenters. The molecule has 0 aromatic carbocycles. The molecule has 4 N–H and O–H groups in total. The number of hydrogen-bond donors (Lipinski definition) is 4. The zero-order chi connectivity index (χ0) is 20.7. The molecule has 8 atom stereocenters. The lowest BCUT2D eigenvalue weighted by atomic mass is 9.44. The van der Waals surface area contributed by atoms with Gasteiger partial charge >= 0.3 is 0 Å². The highest BCUT2D eigenvalue weighted by Gasteiger charge is 2.76. The monoisotopic (exact) mass is 394 g/mol. The number of rotatable bonds is 2. The van der Waals surface area contributed by atoms with Crippen LogP contribution in [0.15, 0.2) is 23.8 Å². The summed E-state index contributed by atoms with van der Waals surface area (Å²) in [5, 5.41) is 42.1. The van der Waals surface area contributed by atoms with Crippen LogP contribution in [0.2, 0.25) is 0 Å². The maximum Gasteiger partial charge on any atom is 0.192 e. The highest BCUT2D eigenvalue weighted by atomic mass is 19.1. The molecule has 0 aromatic rings. The molecular formula is C21H27FO6. The van der Waals surface area contributed by atoms with Crippen LogP contribution < -0.4 is 0 Å². The van der Waals surface area contributed by atoms with Crippen LogP contribution in [0.25, 0.3) is 0 Å². The second-order valence-corrected chi connectivity index (χ2v) is 9.36. The molecule has 0 saturated heterocycles. The largest absolute Gasteiger partial charge is 0.390 e. The first-order valence-electron chi connectivity index (χ1n) is 9.82. The van der Waals surface area contributed by atoms with Crippen LogP contribution in [-0.2, 0) is 9.59 Å². The van der Waals surface area contributed by atoms with E-state index >= 15 is 4.39 Å². The Kier molecular flexibility index (Phi) is 4.13. The molecule has 4 aliphatic rings. The van der Waals surface area contributed by atoms with Crippen molar-refractivity contribution < 1.29 is 34.4 Å². The quantitative estimate of drug-likeness (QED) is 0.546. The Hall–Kier alpha value is -1.41. The summed E-state index contributed by atoms with van der Waals surface area (Å²) in [6, 6.07) is 0. The molecule has 4 aliphatic carbocycles. The summed E-state index contributed by atoms with van der Waals surface area (Å²) in [7, 11) is 0. The zero-order valence-corrected chi connectivity index (χ0v) is 16.1. The minimum Gasteiger partial charge on any atom is -0.390 e. The van der Waals surface area contributed by atoms with Gasteiger partial charge in [-0.1, -0.05) is 18.6 Å². The van der Waals surface area contributed by atoms with Gasteiger partial charge in [0.25, 0.3) is 0 Å². The summed E-state index contributed by atoms with van der Waals surface area (Å²) < 4.78 is 16.8. The molecule has 0 spiro atoms. The lowest BCUT2D eigenvalue weighted by Crippen LogP contribution is -2.69. The van der Waals surface area contributed by atoms with Crippen LogP contribution in [0.4, 0.5) is 4.39 Å². The number of allylic oxidation sites excluding steroid dienone is 4. The van der Waals surface area contributed by atoms with E-state index in [1.54, 1.807) is 13.8 Å². The van der Waals surface area contributed by atoms with Gasteiger partial charge in [0.15, 0.2) is 22.8 Å². The maximum absolute atomic E-state index is 16.8. The van der Waals surface area contributed by atoms with Crippen molar-refractivity contribution in [2.75, 3.05) is 6.61 Å². The lowest BCUT2D eigenvalue weighted by molar-refractivity contribution is -0.222. The van der Waals surface area contributed by atoms with E-state index in [-0.39, 0.29) is 18.6 Å². The fraction of sp³-hybridized carbons (Fsp3) is 0.714. The molecule has 7 heteroatoms. The molecule has 3 saturated carbocycles. The molecule has 4 rings (SSSR count). The van der Waals surface area contributed by atoms with Crippen LogP contribution in [-0.4, -0.2) is 62.1 Å². The van der Waals surface area contributed by atoms with E-state index in [1.807, 2.05) is 0 Å². The van der Waals surface area contributed by atoms with Crippen molar-refractivity contribution in [1.29, 1.82) is 0 Å². The molecule has 0 amide bonds. The van der Waals surface area contributed by atoms with E-state index in [4.69, 9.17) is 0 Å². The number of hydrogen-bond acceptors (Lipinski definition) is 6. The molecule has 28 heavy (non-hydrogen) atoms. The third-order valence-corrected chi connectivity index (χ3v) is 8.43. The van der Waals surface area contributed by atoms with E-state index < -0.39 is 58.5 Å². The van der Waals surface area contributed by atoms with Crippen molar-refractivity contribution in [3.63, 3.8) is 0 Å². The van der Waals surface area contributed by atoms with Crippen LogP contribution in [0, 0.1) is 22.7 Å². The Morgan fingerprint density at radius 3 is 2.57 bits per heavy atom. The summed E-state index contributed by atoms with van der Waals surface area (Å²) in [5.41, 5.74) is -6.12. The van der Waals surface area contributed by atoms with E-state index in [0.717, 1.165) is 0 Å². The SMILES string of the molecule is CC12CC(O)[C@@]3(F)C(CCC4=CC(=O)C=CC43C)C1CC(O)C2(O)C(=O)CO. The Balaban J connectivity index is 1.84. The predicted octanol–water partition coefficient (Wildman–Crippen LogP) is 0.620. The topological polar surface area (TPSA) is 115 Å². The number of aliphatic hydroxyl groups is 4. The van der Waals surface area contributed by atoms with E-state index in [9.17, 15) is 30.0 Å². The van der Waals surface area contributed by atoms with Gasteiger partial charge in [0, 0.05) is 16.7 Å². The standard InChI is InChI=1S/C21H27FO6/c1-18-6-5-12(24)7-11(18)3-4-13-14-8-15(25)21(28,17(27)10-23)19(14,2)9-16(26)20(13,18)22/h5-7,13-16,23,25-26,28H,3-4,8-10H2,1-2H3/t13?,14?,15?,16?,18?,19?,20-,21?/m0/s1. The first-order chi connectivity index (χ1) is 13.0. The molecule has 0 aromatic heterocycles. The molecule has 6 nitrogen and oxygen atoms in total. The van der Waals surface area contributed by atoms with Gasteiger partial charge in [0.2, 0.25) is 0 Å². The van der Waals surface area contributed by atoms with Gasteiger partial charge < -0.3 is 20.4 Å². The molecule has 0 heterocycles. The second-order valence-electron chi connectivity index (χ2n) is 9.36. The van der Waals surface area contributed by atoms with Gasteiger partial charge in [-0.25, -0.2) is 4.39 Å². The predicted molar refractivity (Wildman–Crippen MR) is 96.8 cm³/mol. The van der Waals surface area contributed by atoms with Gasteiger partial charge in [0.1, 0.15) is 6.61 Å². The molecule has 0 bridgehead atoms. The van der Waals surface area contributed by atoms with Gasteiger partial charge in [-0.2, -0.15) is 0 Å². The van der Waals surface area contributed by atoms with Crippen molar-refractivity contribution in [1.82, 2.24) is 0 Å². The van der Waals surface area contributed by atoms with Crippen LogP contribution in [0.1, 0.15) is 39.5 Å². The maximum atomic E-state index is 16.8. The number of fused-ring (bicyclic) bond motifs is 5. The summed E-state index contributed by atoms with van der Waals surface area (Å²) in [4.78, 5) is 24.2. The highest BCUT2D eigenvalue weighted by Crippen LogP contribution is 2.69. The first-order valence-corrected chi connectivity index (χ1v) is 9.82. The molecule has 154 valence electrons. The van der Waals surface area contributed by atoms with Crippen LogP contribution in [0.5, 0.6) is 0 Å². The van der Waals surface area contributed by atoms with Gasteiger partial charge in [-0.15, -0.1) is 0 Å². The Morgan fingerprint density at radius 1 is 1.25 bits per heavy atom. The number of carbonyl (C=O) groups excluding carboxylic acids is 2. The first kappa shape index (κ1) is 19.9. The summed E-state index contributed by atoms with van der Waals surface area (Å²) >= 11 is 0. The highest BCUT2D eigenvalue weighted by molar-refractivity contribution is 6.01. The third-order valence-electron chi connectivity index (χ3n) is 8.43. The van der Waals surface area contributed by atoms with Crippen LogP contribution in [0.3, 0.4) is 0 Å². The average Bonchev–Trinajstić information content (AvgIpc) is 2.84. The minimum atomic E-state index is -2.23. The molecule has 0 radical (unpaired) electrons. The van der Waals surface area contributed by atoms with Crippen molar-refractivity contribution in [2.45, 2.75) is 63.0 Å². The molecule has 0 aliphatic heterocycles. The fourth-order valence-corrected chi connectivity index (χ4v) is 6.85. The van der Waals surface area contributed by atoms with Gasteiger partial charge in [-0.05, 0) is 50.7 Å². The molecular weight excluding hydrogens is 367 g/mol. The van der Waals surface area contributed by atoms with Gasteiger partial charge in [0.05, 0.1) is 12.2 Å². The van der Waals surface area contributed by atoms with E-state index in [2.05, 4.69) is 0 Å². The Bertz CT molecular complexity index is 807. The van der Waals surface area contributed by atoms with Crippen LogP contribution >= 0.6 is 0 Å². The smallest absolute Gasteiger partial charge is 0.192 e. The second kappa shape index (κ2) is 5.81. The number of alkyl halides is 1. The number of ketones is 2. The summed E-state index contributed by atoms with van der Waals surface area (Å²) in [6.07, 6.45) is 1.93. The number of aliphatic hydroxyl groups excluding tert-OH is 3. The molecule has 3 fully saturated rings. The van der Waals surface area contributed by atoms with Crippen molar-refractivity contribution in [2.24, 2.45) is 22.7 Å². The third kappa shape index (κ3) is 2.01. The fourth-order valence-electron chi connectivity index (χ4n) is 6.85. The number of halogens is 1. The Labute approximate surface area is 162 Å². The minimum absolute atomic E-state index is 0.0135. The Morgan fingerprint density at radius 2 is 1.93 bits per heavy atom. The zero-order valence-electron chi connectivity index (χ0n) is 16.1. The van der Waals surface area contributed by atoms with Crippen molar-refractivity contribution in [3.8, 4) is 0 Å². The van der Waals surface area contributed by atoms with Gasteiger partial charge in [-0.3, -0.25) is 9.59 Å². The number of Topliss-reactive ketones (excluding diaryl/α,β-unsaturated/α-hetero) is 1. The van der Waals surface area contributed by atoms with Crippen molar-refractivity contribution >= 4 is 11.6 Å². The number of carbonyl (C=O) groups is 2. The van der Waals surface area contributed by atoms with E-state index in [0.29, 0.717) is 18.4 Å². The normalized spacial score (nSPS) is 52.5. The summed E-state index contributed by atoms with van der Waals surface area (Å²) in [5.74, 6) is -2.38. The summed E-state index contributed by atoms with van der Waals surface area (Å²) in [6.45, 7) is 2.33. The van der Waals surface area contributed by atoms with Crippen molar-refractivity contribution in [3.05, 3.63) is 23.8 Å². The average molecular weight is 394 g/mol. The van der Waals surface area contributed by atoms with E-state index in [1.165, 1.54) is 18.2 Å². The lowest BCUT2D eigenvalue weighted by Gasteiger charge is -2.62.